The van der Waals surface area contributed by atoms with Gasteiger partial charge >= 0.3 is 0 Å². The van der Waals surface area contributed by atoms with Crippen molar-refractivity contribution in [1.82, 2.24) is 24.9 Å². The molecule has 0 spiro atoms. The summed E-state index contributed by atoms with van der Waals surface area (Å²) in [5, 5.41) is 7.72. The maximum atomic E-state index is 13.6. The summed E-state index contributed by atoms with van der Waals surface area (Å²) in [6.45, 7) is 4.69. The number of nitrogens with one attached hydrogen (secondary N) is 1. The Labute approximate surface area is 200 Å². The molecule has 1 aromatic heterocycles. The molecule has 0 saturated carbocycles. The first-order valence-corrected chi connectivity index (χ1v) is 12.1. The van der Waals surface area contributed by atoms with E-state index >= 15 is 0 Å². The van der Waals surface area contributed by atoms with Gasteiger partial charge in [-0.15, -0.1) is 0 Å². The number of hydrogen-bond acceptors (Lipinski definition) is 4. The van der Waals surface area contributed by atoms with Gasteiger partial charge in [0.15, 0.2) is 5.69 Å². The predicted octanol–water partition coefficient (Wildman–Crippen LogP) is 2.65. The number of fused-ring (bicyclic) bond motifs is 1. The summed E-state index contributed by atoms with van der Waals surface area (Å²) in [7, 11) is 0. The van der Waals surface area contributed by atoms with Gasteiger partial charge in [-0.2, -0.15) is 5.10 Å². The van der Waals surface area contributed by atoms with E-state index in [2.05, 4.69) is 63.4 Å². The molecule has 0 bridgehead atoms. The lowest BCUT2D eigenvalue weighted by Gasteiger charge is -2.28. The van der Waals surface area contributed by atoms with Crippen LogP contribution in [0.3, 0.4) is 0 Å². The summed E-state index contributed by atoms with van der Waals surface area (Å²) in [5.41, 5.74) is 5.30. The quantitative estimate of drug-likeness (QED) is 0.618. The van der Waals surface area contributed by atoms with Crippen LogP contribution in [0.15, 0.2) is 60.7 Å². The Morgan fingerprint density at radius 1 is 0.912 bits per heavy atom. The molecule has 1 N–H and O–H groups in total. The molecule has 1 fully saturated rings. The third-order valence-corrected chi connectivity index (χ3v) is 6.72. The van der Waals surface area contributed by atoms with Gasteiger partial charge in [0, 0.05) is 69.9 Å². The Balaban J connectivity index is 1.40. The number of amides is 2. The zero-order valence-corrected chi connectivity index (χ0v) is 19.4. The fourth-order valence-electron chi connectivity index (χ4n) is 4.88. The zero-order valence-electron chi connectivity index (χ0n) is 19.4. The fourth-order valence-corrected chi connectivity index (χ4v) is 4.88. The second-order valence-electron chi connectivity index (χ2n) is 9.07. The molecular formula is C27H31N5O2. The van der Waals surface area contributed by atoms with Crippen molar-refractivity contribution in [2.24, 2.45) is 0 Å². The SMILES string of the molecule is O=C1CCN(C(=O)c2nn(CCc3ccccc3)c3c2CN(Cc2ccccc2)CC3)CCN1. The fraction of sp³-hybridized carbons (Fsp3) is 0.370. The summed E-state index contributed by atoms with van der Waals surface area (Å²) in [5.74, 6) is -0.0625. The summed E-state index contributed by atoms with van der Waals surface area (Å²) >= 11 is 0. The van der Waals surface area contributed by atoms with Crippen LogP contribution in [0.5, 0.6) is 0 Å². The van der Waals surface area contributed by atoms with Crippen LogP contribution in [-0.4, -0.2) is 57.6 Å². The van der Waals surface area contributed by atoms with Gasteiger partial charge in [-0.25, -0.2) is 0 Å². The number of carbonyl (C=O) groups is 2. The van der Waals surface area contributed by atoms with Crippen LogP contribution in [0.4, 0.5) is 0 Å². The molecule has 176 valence electrons. The van der Waals surface area contributed by atoms with E-state index in [9.17, 15) is 9.59 Å². The van der Waals surface area contributed by atoms with E-state index in [0.29, 0.717) is 38.3 Å². The van der Waals surface area contributed by atoms with E-state index in [4.69, 9.17) is 5.10 Å². The van der Waals surface area contributed by atoms with E-state index < -0.39 is 0 Å². The summed E-state index contributed by atoms with van der Waals surface area (Å²) in [6, 6.07) is 20.8. The Morgan fingerprint density at radius 3 is 2.41 bits per heavy atom. The van der Waals surface area contributed by atoms with Gasteiger partial charge in [0.05, 0.1) is 0 Å². The standard InChI is InChI=1S/C27H31N5O2/c33-25-13-16-31(18-14-28-25)27(34)26-23-20-30(19-22-9-5-2-6-10-22)15-12-24(23)32(29-26)17-11-21-7-3-1-4-8-21/h1-10H,11-20H2,(H,28,33). The number of nitrogens with zero attached hydrogens (tertiary/aromatic N) is 4. The molecule has 3 aromatic rings. The average Bonchev–Trinajstić information content (AvgIpc) is 3.08. The highest BCUT2D eigenvalue weighted by atomic mass is 16.2. The Kier molecular flexibility index (Phi) is 6.72. The van der Waals surface area contributed by atoms with Gasteiger partial charge in [0.1, 0.15) is 0 Å². The molecule has 2 amide bonds. The number of aryl methyl sites for hydroxylation is 2. The van der Waals surface area contributed by atoms with Crippen LogP contribution >= 0.6 is 0 Å². The molecule has 7 nitrogen and oxygen atoms in total. The molecule has 0 aliphatic carbocycles. The predicted molar refractivity (Wildman–Crippen MR) is 130 cm³/mol. The minimum atomic E-state index is -0.0622. The van der Waals surface area contributed by atoms with Crippen LogP contribution in [-0.2, 0) is 37.3 Å². The second-order valence-corrected chi connectivity index (χ2v) is 9.07. The lowest BCUT2D eigenvalue weighted by Crippen LogP contribution is -2.36. The van der Waals surface area contributed by atoms with E-state index in [1.165, 1.54) is 16.8 Å². The van der Waals surface area contributed by atoms with Gasteiger partial charge in [-0.3, -0.25) is 19.2 Å². The van der Waals surface area contributed by atoms with Crippen molar-refractivity contribution < 1.29 is 9.59 Å². The van der Waals surface area contributed by atoms with Crippen LogP contribution < -0.4 is 5.32 Å². The smallest absolute Gasteiger partial charge is 0.274 e. The molecule has 2 aromatic carbocycles. The molecule has 5 rings (SSSR count). The number of carbonyl (C=O) groups excluding carboxylic acids is 2. The van der Waals surface area contributed by atoms with E-state index in [-0.39, 0.29) is 11.8 Å². The Bertz CT molecular complexity index is 1140. The Hall–Kier alpha value is -3.45. The number of benzene rings is 2. The lowest BCUT2D eigenvalue weighted by atomic mass is 10.0. The molecule has 7 heteroatoms. The van der Waals surface area contributed by atoms with Gasteiger partial charge in [-0.05, 0) is 17.5 Å². The van der Waals surface area contributed by atoms with Crippen molar-refractivity contribution in [1.29, 1.82) is 0 Å². The molecule has 0 unspecified atom stereocenters. The molecule has 2 aliphatic rings. The molecule has 0 radical (unpaired) electrons. The first kappa shape index (κ1) is 22.3. The van der Waals surface area contributed by atoms with Crippen molar-refractivity contribution in [3.05, 3.63) is 88.7 Å². The van der Waals surface area contributed by atoms with Gasteiger partial charge in [-0.1, -0.05) is 60.7 Å². The number of aromatic nitrogens is 2. The molecular weight excluding hydrogens is 426 g/mol. The van der Waals surface area contributed by atoms with Crippen LogP contribution in [0.25, 0.3) is 0 Å². The average molecular weight is 458 g/mol. The third kappa shape index (κ3) is 5.04. The maximum absolute atomic E-state index is 13.6. The molecule has 34 heavy (non-hydrogen) atoms. The number of hydrogen-bond donors (Lipinski definition) is 1. The monoisotopic (exact) mass is 457 g/mol. The highest BCUT2D eigenvalue weighted by Gasteiger charge is 2.31. The zero-order chi connectivity index (χ0) is 23.3. The molecule has 3 heterocycles. The van der Waals surface area contributed by atoms with Gasteiger partial charge < -0.3 is 10.2 Å². The van der Waals surface area contributed by atoms with Crippen molar-refractivity contribution in [2.45, 2.75) is 38.9 Å². The normalized spacial score (nSPS) is 16.6. The third-order valence-electron chi connectivity index (χ3n) is 6.72. The minimum Gasteiger partial charge on any atom is -0.354 e. The van der Waals surface area contributed by atoms with Crippen molar-refractivity contribution in [3.8, 4) is 0 Å². The second kappa shape index (κ2) is 10.2. The van der Waals surface area contributed by atoms with Crippen LogP contribution in [0, 0.1) is 0 Å². The van der Waals surface area contributed by atoms with Crippen molar-refractivity contribution >= 4 is 11.8 Å². The minimum absolute atomic E-state index is 0.000226. The summed E-state index contributed by atoms with van der Waals surface area (Å²) in [6.07, 6.45) is 2.08. The topological polar surface area (TPSA) is 70.5 Å². The summed E-state index contributed by atoms with van der Waals surface area (Å²) < 4.78 is 2.05. The van der Waals surface area contributed by atoms with Crippen LogP contribution in [0.1, 0.15) is 39.3 Å². The van der Waals surface area contributed by atoms with Gasteiger partial charge in [0.2, 0.25) is 5.91 Å². The van der Waals surface area contributed by atoms with Crippen molar-refractivity contribution in [2.75, 3.05) is 26.2 Å². The van der Waals surface area contributed by atoms with E-state index in [0.717, 1.165) is 38.0 Å². The summed E-state index contributed by atoms with van der Waals surface area (Å²) in [4.78, 5) is 29.5. The first-order chi connectivity index (χ1) is 16.7. The molecule has 0 atom stereocenters. The molecule has 1 saturated heterocycles. The Morgan fingerprint density at radius 2 is 1.65 bits per heavy atom. The van der Waals surface area contributed by atoms with E-state index in [1.54, 1.807) is 4.90 Å². The van der Waals surface area contributed by atoms with E-state index in [1.807, 2.05) is 12.1 Å². The van der Waals surface area contributed by atoms with Crippen molar-refractivity contribution in [3.63, 3.8) is 0 Å². The highest BCUT2D eigenvalue weighted by molar-refractivity contribution is 5.94. The lowest BCUT2D eigenvalue weighted by molar-refractivity contribution is -0.120. The largest absolute Gasteiger partial charge is 0.354 e. The van der Waals surface area contributed by atoms with Crippen LogP contribution in [0.2, 0.25) is 0 Å². The maximum Gasteiger partial charge on any atom is 0.274 e. The highest BCUT2D eigenvalue weighted by Crippen LogP contribution is 2.26. The first-order valence-electron chi connectivity index (χ1n) is 12.1. The number of rotatable bonds is 6. The molecule has 2 aliphatic heterocycles. The van der Waals surface area contributed by atoms with Gasteiger partial charge in [0.25, 0.3) is 5.91 Å².